The van der Waals surface area contributed by atoms with Gasteiger partial charge in [-0.15, -0.1) is 6.58 Å². The lowest BCUT2D eigenvalue weighted by Crippen LogP contribution is -2.37. The fourth-order valence-electron chi connectivity index (χ4n) is 1.34. The molecule has 0 aliphatic rings. The smallest absolute Gasteiger partial charge is 0.242 e. The maximum atomic E-state index is 11.6. The van der Waals surface area contributed by atoms with Gasteiger partial charge in [0.15, 0.2) is 0 Å². The Labute approximate surface area is 107 Å². The van der Waals surface area contributed by atoms with Gasteiger partial charge in [0.2, 0.25) is 11.8 Å². The number of carbonyl (C=O) groups excluding carboxylic acids is 1. The molecule has 0 radical (unpaired) electrons. The molecule has 1 unspecified atom stereocenters. The standard InChI is InChI=1S/C13H19N3O2/c1-4-8-14-13(17)10(3)16-11-6-7-12(15-9-11)18-5-2/h4,6-7,9-10,16H,1,5,8H2,2-3H3,(H,14,17). The van der Waals surface area contributed by atoms with Gasteiger partial charge in [-0.25, -0.2) is 4.98 Å². The Morgan fingerprint density at radius 3 is 2.94 bits per heavy atom. The summed E-state index contributed by atoms with van der Waals surface area (Å²) in [6, 6.07) is 3.26. The van der Waals surface area contributed by atoms with E-state index in [9.17, 15) is 4.79 Å². The van der Waals surface area contributed by atoms with Gasteiger partial charge in [-0.3, -0.25) is 4.79 Å². The van der Waals surface area contributed by atoms with Crippen LogP contribution in [0.2, 0.25) is 0 Å². The molecule has 18 heavy (non-hydrogen) atoms. The van der Waals surface area contributed by atoms with Crippen LogP contribution in [-0.2, 0) is 4.79 Å². The molecule has 0 spiro atoms. The molecule has 1 amide bonds. The van der Waals surface area contributed by atoms with Crippen molar-refractivity contribution in [3.63, 3.8) is 0 Å². The number of rotatable bonds is 7. The maximum Gasteiger partial charge on any atom is 0.242 e. The molecule has 1 aromatic rings. The summed E-state index contributed by atoms with van der Waals surface area (Å²) in [5.41, 5.74) is 0.778. The Bertz CT molecular complexity index is 390. The minimum Gasteiger partial charge on any atom is -0.478 e. The average molecular weight is 249 g/mol. The van der Waals surface area contributed by atoms with Crippen LogP contribution in [0.1, 0.15) is 13.8 Å². The van der Waals surface area contributed by atoms with E-state index in [-0.39, 0.29) is 11.9 Å². The van der Waals surface area contributed by atoms with Crippen LogP contribution >= 0.6 is 0 Å². The zero-order chi connectivity index (χ0) is 13.4. The van der Waals surface area contributed by atoms with E-state index in [0.717, 1.165) is 5.69 Å². The number of nitrogens with zero attached hydrogens (tertiary/aromatic N) is 1. The lowest BCUT2D eigenvalue weighted by molar-refractivity contribution is -0.121. The van der Waals surface area contributed by atoms with Crippen molar-refractivity contribution in [3.8, 4) is 5.88 Å². The van der Waals surface area contributed by atoms with Gasteiger partial charge < -0.3 is 15.4 Å². The number of pyridine rings is 1. The Morgan fingerprint density at radius 1 is 1.61 bits per heavy atom. The van der Waals surface area contributed by atoms with Gasteiger partial charge >= 0.3 is 0 Å². The molecule has 0 aliphatic heterocycles. The summed E-state index contributed by atoms with van der Waals surface area (Å²) in [5.74, 6) is 0.496. The largest absolute Gasteiger partial charge is 0.478 e. The molecule has 0 saturated heterocycles. The molecule has 1 heterocycles. The molecule has 0 aliphatic carbocycles. The summed E-state index contributed by atoms with van der Waals surface area (Å²) in [7, 11) is 0. The van der Waals surface area contributed by atoms with Crippen molar-refractivity contribution in [2.75, 3.05) is 18.5 Å². The van der Waals surface area contributed by atoms with Crippen molar-refractivity contribution < 1.29 is 9.53 Å². The molecule has 5 nitrogen and oxygen atoms in total. The summed E-state index contributed by atoms with van der Waals surface area (Å²) in [4.78, 5) is 15.7. The van der Waals surface area contributed by atoms with Crippen LogP contribution in [0, 0.1) is 0 Å². The van der Waals surface area contributed by atoms with E-state index in [0.29, 0.717) is 19.0 Å². The number of anilines is 1. The second-order valence-electron chi connectivity index (χ2n) is 3.72. The van der Waals surface area contributed by atoms with E-state index < -0.39 is 0 Å². The lowest BCUT2D eigenvalue weighted by Gasteiger charge is -2.14. The third-order valence-corrected chi connectivity index (χ3v) is 2.23. The molecule has 98 valence electrons. The molecule has 1 atom stereocenters. The molecule has 0 saturated carbocycles. The lowest BCUT2D eigenvalue weighted by atomic mass is 10.3. The van der Waals surface area contributed by atoms with Gasteiger partial charge in [-0.1, -0.05) is 6.08 Å². The van der Waals surface area contributed by atoms with Gasteiger partial charge in [-0.05, 0) is 19.9 Å². The van der Waals surface area contributed by atoms with Gasteiger partial charge in [0.05, 0.1) is 18.5 Å². The van der Waals surface area contributed by atoms with Crippen molar-refractivity contribution in [1.82, 2.24) is 10.3 Å². The number of amides is 1. The Morgan fingerprint density at radius 2 is 2.39 bits per heavy atom. The highest BCUT2D eigenvalue weighted by Gasteiger charge is 2.11. The zero-order valence-corrected chi connectivity index (χ0v) is 10.8. The second-order valence-corrected chi connectivity index (χ2v) is 3.72. The fraction of sp³-hybridized carbons (Fsp3) is 0.385. The summed E-state index contributed by atoms with van der Waals surface area (Å²) < 4.78 is 5.24. The molecule has 0 aromatic carbocycles. The Hall–Kier alpha value is -2.04. The molecular formula is C13H19N3O2. The van der Waals surface area contributed by atoms with Crippen molar-refractivity contribution in [2.24, 2.45) is 0 Å². The molecule has 5 heteroatoms. The van der Waals surface area contributed by atoms with Crippen LogP contribution in [0.4, 0.5) is 5.69 Å². The number of aromatic nitrogens is 1. The number of nitrogens with one attached hydrogen (secondary N) is 2. The number of hydrogen-bond acceptors (Lipinski definition) is 4. The van der Waals surface area contributed by atoms with E-state index in [1.54, 1.807) is 25.3 Å². The predicted octanol–water partition coefficient (Wildman–Crippen LogP) is 1.58. The molecule has 0 bridgehead atoms. The van der Waals surface area contributed by atoms with Gasteiger partial charge in [0.1, 0.15) is 6.04 Å². The maximum absolute atomic E-state index is 11.6. The van der Waals surface area contributed by atoms with Gasteiger partial charge in [0, 0.05) is 12.6 Å². The van der Waals surface area contributed by atoms with Crippen LogP contribution in [0.15, 0.2) is 31.0 Å². The summed E-state index contributed by atoms with van der Waals surface area (Å²) in [6.07, 6.45) is 3.28. The van der Waals surface area contributed by atoms with Gasteiger partial charge in [0.25, 0.3) is 0 Å². The van der Waals surface area contributed by atoms with Crippen LogP contribution in [0.25, 0.3) is 0 Å². The highest BCUT2D eigenvalue weighted by molar-refractivity contribution is 5.84. The second kappa shape index (κ2) is 7.32. The van der Waals surface area contributed by atoms with E-state index in [4.69, 9.17) is 4.74 Å². The van der Waals surface area contributed by atoms with E-state index in [1.807, 2.05) is 13.0 Å². The highest BCUT2D eigenvalue weighted by Crippen LogP contribution is 2.12. The van der Waals surface area contributed by atoms with Crippen LogP contribution in [0.3, 0.4) is 0 Å². The Kier molecular flexibility index (Phi) is 5.70. The fourth-order valence-corrected chi connectivity index (χ4v) is 1.34. The van der Waals surface area contributed by atoms with Crippen molar-refractivity contribution in [2.45, 2.75) is 19.9 Å². The van der Waals surface area contributed by atoms with E-state index >= 15 is 0 Å². The normalized spacial score (nSPS) is 11.4. The van der Waals surface area contributed by atoms with Crippen LogP contribution in [-0.4, -0.2) is 30.1 Å². The summed E-state index contributed by atoms with van der Waals surface area (Å²) in [6.45, 7) is 8.28. The van der Waals surface area contributed by atoms with Crippen molar-refractivity contribution >= 4 is 11.6 Å². The third-order valence-electron chi connectivity index (χ3n) is 2.23. The van der Waals surface area contributed by atoms with Crippen LogP contribution in [0.5, 0.6) is 5.88 Å². The minimum absolute atomic E-state index is 0.0798. The van der Waals surface area contributed by atoms with Crippen LogP contribution < -0.4 is 15.4 Å². The Balaban J connectivity index is 2.50. The molecule has 1 aromatic heterocycles. The van der Waals surface area contributed by atoms with Crippen molar-refractivity contribution in [1.29, 1.82) is 0 Å². The predicted molar refractivity (Wildman–Crippen MR) is 71.7 cm³/mol. The first-order valence-electron chi connectivity index (χ1n) is 5.91. The third kappa shape index (κ3) is 4.45. The number of carbonyl (C=O) groups is 1. The van der Waals surface area contributed by atoms with Crippen molar-refractivity contribution in [3.05, 3.63) is 31.0 Å². The quantitative estimate of drug-likeness (QED) is 0.720. The average Bonchev–Trinajstić information content (AvgIpc) is 2.38. The topological polar surface area (TPSA) is 63.2 Å². The summed E-state index contributed by atoms with van der Waals surface area (Å²) >= 11 is 0. The number of ether oxygens (including phenoxy) is 1. The molecular weight excluding hydrogens is 230 g/mol. The molecule has 0 fully saturated rings. The van der Waals surface area contributed by atoms with E-state index in [2.05, 4.69) is 22.2 Å². The zero-order valence-electron chi connectivity index (χ0n) is 10.8. The molecule has 2 N–H and O–H groups in total. The first-order valence-corrected chi connectivity index (χ1v) is 5.91. The SMILES string of the molecule is C=CCNC(=O)C(C)Nc1ccc(OCC)nc1. The number of hydrogen-bond donors (Lipinski definition) is 2. The first kappa shape index (κ1) is 14.0. The van der Waals surface area contributed by atoms with E-state index in [1.165, 1.54) is 0 Å². The minimum atomic E-state index is -0.329. The first-order chi connectivity index (χ1) is 8.67. The highest BCUT2D eigenvalue weighted by atomic mass is 16.5. The van der Waals surface area contributed by atoms with Gasteiger partial charge in [-0.2, -0.15) is 0 Å². The molecule has 1 rings (SSSR count). The monoisotopic (exact) mass is 249 g/mol. The summed E-state index contributed by atoms with van der Waals surface area (Å²) in [5, 5.41) is 5.77.